The molecule has 0 fully saturated rings. The van der Waals surface area contributed by atoms with Gasteiger partial charge in [0.2, 0.25) is 5.91 Å². The van der Waals surface area contributed by atoms with Crippen molar-refractivity contribution in [1.29, 1.82) is 5.26 Å². The molecule has 0 bridgehead atoms. The first-order chi connectivity index (χ1) is 16.3. The number of fused-ring (bicyclic) bond motifs is 1. The van der Waals surface area contributed by atoms with E-state index in [4.69, 9.17) is 10.00 Å². The van der Waals surface area contributed by atoms with Crippen LogP contribution in [0.4, 0.5) is 0 Å². The molecule has 1 aliphatic rings. The molecule has 1 aliphatic heterocycles. The van der Waals surface area contributed by atoms with Crippen LogP contribution >= 0.6 is 0 Å². The minimum Gasteiger partial charge on any atom is -0.457 e. The second-order valence-corrected chi connectivity index (χ2v) is 8.48. The molecule has 174 valence electrons. The predicted molar refractivity (Wildman–Crippen MR) is 122 cm³/mol. The molecule has 3 heterocycles. The number of carbonyl (C=O) groups is 2. The molecule has 3 aromatic rings. The Morgan fingerprint density at radius 2 is 2.15 bits per heavy atom. The van der Waals surface area contributed by atoms with E-state index in [1.54, 1.807) is 34.1 Å². The van der Waals surface area contributed by atoms with E-state index in [2.05, 4.69) is 16.2 Å². The molecule has 1 atom stereocenters. The topological polar surface area (TPSA) is 121 Å². The van der Waals surface area contributed by atoms with Crippen LogP contribution in [-0.4, -0.2) is 49.8 Å². The Morgan fingerprint density at radius 3 is 2.85 bits per heavy atom. The van der Waals surface area contributed by atoms with Crippen LogP contribution in [0.2, 0.25) is 0 Å². The molecular weight excluding hydrogens is 434 g/mol. The van der Waals surface area contributed by atoms with E-state index in [1.165, 1.54) is 6.20 Å². The summed E-state index contributed by atoms with van der Waals surface area (Å²) in [4.78, 5) is 30.2. The lowest BCUT2D eigenvalue weighted by molar-refractivity contribution is -0.135. The van der Waals surface area contributed by atoms with Gasteiger partial charge < -0.3 is 14.7 Å². The minimum absolute atomic E-state index is 0.0330. The number of pyridine rings is 1. The average molecular weight is 460 g/mol. The van der Waals surface area contributed by atoms with Gasteiger partial charge in [0.05, 0.1) is 17.3 Å². The van der Waals surface area contributed by atoms with Gasteiger partial charge in [-0.25, -0.2) is 14.5 Å². The van der Waals surface area contributed by atoms with Gasteiger partial charge in [0.15, 0.2) is 5.82 Å². The second-order valence-electron chi connectivity index (χ2n) is 8.48. The largest absolute Gasteiger partial charge is 0.457 e. The molecule has 0 radical (unpaired) electrons. The molecule has 1 amide bonds. The summed E-state index contributed by atoms with van der Waals surface area (Å²) in [5.74, 6) is -0.154. The average Bonchev–Trinajstić information content (AvgIpc) is 3.45. The third kappa shape index (κ3) is 4.40. The van der Waals surface area contributed by atoms with Gasteiger partial charge in [-0.2, -0.15) is 10.4 Å². The van der Waals surface area contributed by atoms with Crippen LogP contribution in [0, 0.1) is 25.2 Å². The highest BCUT2D eigenvalue weighted by molar-refractivity contribution is 5.94. The van der Waals surface area contributed by atoms with Crippen molar-refractivity contribution in [2.24, 2.45) is 0 Å². The normalized spacial score (nSPS) is 13.2. The van der Waals surface area contributed by atoms with E-state index in [0.717, 1.165) is 27.8 Å². The van der Waals surface area contributed by atoms with Crippen LogP contribution in [0.15, 0.2) is 36.8 Å². The SMILES string of the molecule is Cc1cc(-n2cc(CN(C[C@H](C)c3ccc4c(c3C)COC4=O)C(=O)CO)cn2)ncc1C#N. The van der Waals surface area contributed by atoms with Crippen molar-refractivity contribution in [3.8, 4) is 11.9 Å². The zero-order valence-electron chi connectivity index (χ0n) is 19.3. The van der Waals surface area contributed by atoms with Crippen molar-refractivity contribution in [1.82, 2.24) is 19.7 Å². The van der Waals surface area contributed by atoms with Crippen molar-refractivity contribution >= 4 is 11.9 Å². The fourth-order valence-electron chi connectivity index (χ4n) is 4.26. The maximum atomic E-state index is 12.5. The molecular formula is C25H25N5O4. The van der Waals surface area contributed by atoms with Crippen LogP contribution in [0.1, 0.15) is 56.6 Å². The van der Waals surface area contributed by atoms with Crippen LogP contribution in [-0.2, 0) is 22.7 Å². The van der Waals surface area contributed by atoms with Crippen molar-refractivity contribution in [2.45, 2.75) is 39.8 Å². The summed E-state index contributed by atoms with van der Waals surface area (Å²) in [6.45, 7) is 6.13. The molecule has 0 saturated heterocycles. The lowest BCUT2D eigenvalue weighted by atomic mass is 9.90. The van der Waals surface area contributed by atoms with Crippen molar-refractivity contribution in [3.05, 3.63) is 75.7 Å². The highest BCUT2D eigenvalue weighted by Gasteiger charge is 2.26. The lowest BCUT2D eigenvalue weighted by Crippen LogP contribution is -2.35. The summed E-state index contributed by atoms with van der Waals surface area (Å²) >= 11 is 0. The first-order valence-corrected chi connectivity index (χ1v) is 10.9. The number of hydrogen-bond donors (Lipinski definition) is 1. The number of cyclic esters (lactones) is 1. The number of aromatic nitrogens is 3. The summed E-state index contributed by atoms with van der Waals surface area (Å²) in [5, 5.41) is 23.0. The molecule has 1 N–H and O–H groups in total. The fourth-order valence-corrected chi connectivity index (χ4v) is 4.26. The number of aliphatic hydroxyl groups is 1. The lowest BCUT2D eigenvalue weighted by Gasteiger charge is -2.26. The molecule has 34 heavy (non-hydrogen) atoms. The van der Waals surface area contributed by atoms with Gasteiger partial charge in [0.25, 0.3) is 0 Å². The van der Waals surface area contributed by atoms with Gasteiger partial charge >= 0.3 is 5.97 Å². The van der Waals surface area contributed by atoms with E-state index in [9.17, 15) is 14.7 Å². The molecule has 1 aromatic carbocycles. The standard InChI is InChI=1S/C25H25N5O4/c1-15-6-23(27-9-19(15)7-26)30-12-18(8-28-30)11-29(24(32)13-31)10-16(2)20-4-5-21-22(17(20)3)14-34-25(21)33/h4-6,8-9,12,16,31H,10-11,13-14H2,1-3H3/t16-/m0/s1. The maximum absolute atomic E-state index is 12.5. The Balaban J connectivity index is 1.53. The third-order valence-electron chi connectivity index (χ3n) is 6.18. The van der Waals surface area contributed by atoms with Crippen LogP contribution in [0.25, 0.3) is 5.82 Å². The van der Waals surface area contributed by atoms with Gasteiger partial charge in [-0.3, -0.25) is 4.79 Å². The highest BCUT2D eigenvalue weighted by atomic mass is 16.5. The monoisotopic (exact) mass is 459 g/mol. The smallest absolute Gasteiger partial charge is 0.338 e. The first-order valence-electron chi connectivity index (χ1n) is 10.9. The summed E-state index contributed by atoms with van der Waals surface area (Å²) in [6, 6.07) is 7.55. The molecule has 2 aromatic heterocycles. The fraction of sp³-hybridized carbons (Fsp3) is 0.320. The van der Waals surface area contributed by atoms with Crippen LogP contribution < -0.4 is 0 Å². The number of amides is 1. The number of ether oxygens (including phenoxy) is 1. The zero-order valence-corrected chi connectivity index (χ0v) is 19.3. The minimum atomic E-state index is -0.595. The molecule has 9 heteroatoms. The van der Waals surface area contributed by atoms with Gasteiger partial charge in [-0.05, 0) is 48.6 Å². The Kier molecular flexibility index (Phi) is 6.43. The maximum Gasteiger partial charge on any atom is 0.338 e. The van der Waals surface area contributed by atoms with E-state index in [1.807, 2.05) is 26.8 Å². The molecule has 0 aliphatic carbocycles. The van der Waals surface area contributed by atoms with Crippen molar-refractivity contribution < 1.29 is 19.4 Å². The van der Waals surface area contributed by atoms with Gasteiger partial charge in [-0.1, -0.05) is 13.0 Å². The summed E-state index contributed by atoms with van der Waals surface area (Å²) in [6.07, 6.45) is 4.94. The molecule has 0 spiro atoms. The second kappa shape index (κ2) is 9.45. The Bertz CT molecular complexity index is 1310. The van der Waals surface area contributed by atoms with E-state index < -0.39 is 6.61 Å². The van der Waals surface area contributed by atoms with Crippen molar-refractivity contribution in [2.75, 3.05) is 13.2 Å². The summed E-state index contributed by atoms with van der Waals surface area (Å²) < 4.78 is 6.74. The zero-order chi connectivity index (χ0) is 24.4. The molecule has 9 nitrogen and oxygen atoms in total. The number of rotatable bonds is 7. The molecule has 0 unspecified atom stereocenters. The number of aryl methyl sites for hydroxylation is 1. The van der Waals surface area contributed by atoms with E-state index >= 15 is 0 Å². The first kappa shape index (κ1) is 23.1. The van der Waals surface area contributed by atoms with Gasteiger partial charge in [-0.15, -0.1) is 0 Å². The number of esters is 1. The summed E-state index contributed by atoms with van der Waals surface area (Å²) in [7, 11) is 0. The Hall–Kier alpha value is -4.03. The number of nitriles is 1. The van der Waals surface area contributed by atoms with E-state index in [0.29, 0.717) is 23.5 Å². The van der Waals surface area contributed by atoms with Gasteiger partial charge in [0.1, 0.15) is 19.3 Å². The quantitative estimate of drug-likeness (QED) is 0.539. The van der Waals surface area contributed by atoms with Crippen molar-refractivity contribution in [3.63, 3.8) is 0 Å². The predicted octanol–water partition coefficient (Wildman–Crippen LogP) is 2.55. The molecule has 0 saturated carbocycles. The Morgan fingerprint density at radius 1 is 1.35 bits per heavy atom. The number of aliphatic hydroxyl groups excluding tert-OH is 1. The number of benzene rings is 1. The summed E-state index contributed by atoms with van der Waals surface area (Å²) in [5.41, 5.74) is 5.58. The van der Waals surface area contributed by atoms with Gasteiger partial charge in [0, 0.05) is 36.6 Å². The third-order valence-corrected chi connectivity index (χ3v) is 6.18. The number of hydrogen-bond acceptors (Lipinski definition) is 7. The molecule has 4 rings (SSSR count). The highest BCUT2D eigenvalue weighted by Crippen LogP contribution is 2.30. The van der Waals surface area contributed by atoms with E-state index in [-0.39, 0.29) is 30.9 Å². The van der Waals surface area contributed by atoms with Crippen LogP contribution in [0.5, 0.6) is 0 Å². The Labute approximate surface area is 197 Å². The number of nitrogens with zero attached hydrogens (tertiary/aromatic N) is 5. The van der Waals surface area contributed by atoms with Crippen LogP contribution in [0.3, 0.4) is 0 Å². The number of carbonyl (C=O) groups excluding carboxylic acids is 2.